The van der Waals surface area contributed by atoms with E-state index in [0.717, 1.165) is 37.1 Å². The minimum Gasteiger partial charge on any atom is -0.390 e. The van der Waals surface area contributed by atoms with Crippen molar-refractivity contribution in [2.24, 2.45) is 5.92 Å². The van der Waals surface area contributed by atoms with Gasteiger partial charge in [0.1, 0.15) is 0 Å². The van der Waals surface area contributed by atoms with E-state index in [1.807, 2.05) is 12.1 Å². The Kier molecular flexibility index (Phi) is 6.17. The first-order chi connectivity index (χ1) is 8.55. The van der Waals surface area contributed by atoms with Crippen LogP contribution < -0.4 is 0 Å². The van der Waals surface area contributed by atoms with Crippen LogP contribution in [-0.4, -0.2) is 10.7 Å². The molecule has 0 heterocycles. The fraction of sp³-hybridized carbons (Fsp3) is 0.625. The number of halogens is 1. The van der Waals surface area contributed by atoms with Gasteiger partial charge in [-0.1, -0.05) is 50.9 Å². The van der Waals surface area contributed by atoms with E-state index in [4.69, 9.17) is 11.6 Å². The monoisotopic (exact) mass is 268 g/mol. The lowest BCUT2D eigenvalue weighted by Crippen LogP contribution is -2.37. The van der Waals surface area contributed by atoms with E-state index in [2.05, 4.69) is 32.9 Å². The summed E-state index contributed by atoms with van der Waals surface area (Å²) < 4.78 is 0. The molecule has 1 N–H and O–H groups in total. The fourth-order valence-corrected chi connectivity index (χ4v) is 2.77. The molecular formula is C16H25ClO. The molecule has 0 fully saturated rings. The van der Waals surface area contributed by atoms with Crippen molar-refractivity contribution in [1.29, 1.82) is 0 Å². The summed E-state index contributed by atoms with van der Waals surface area (Å²) in [6.45, 7) is 6.34. The van der Waals surface area contributed by atoms with E-state index >= 15 is 0 Å². The SMILES string of the molecule is CCCC(Cc1ccc(Cl)cc1)C(O)(CC)CC. The number of rotatable bonds is 7. The van der Waals surface area contributed by atoms with Gasteiger partial charge in [0.25, 0.3) is 0 Å². The molecule has 0 bridgehead atoms. The van der Waals surface area contributed by atoms with Gasteiger partial charge in [0.2, 0.25) is 0 Å². The first-order valence-corrected chi connectivity index (χ1v) is 7.40. The Morgan fingerprint density at radius 3 is 2.11 bits per heavy atom. The van der Waals surface area contributed by atoms with Crippen molar-refractivity contribution in [3.05, 3.63) is 34.9 Å². The zero-order valence-electron chi connectivity index (χ0n) is 11.7. The van der Waals surface area contributed by atoms with Crippen LogP contribution in [0.5, 0.6) is 0 Å². The molecule has 0 amide bonds. The molecule has 102 valence electrons. The molecule has 0 aromatic heterocycles. The summed E-state index contributed by atoms with van der Waals surface area (Å²) in [7, 11) is 0. The molecule has 18 heavy (non-hydrogen) atoms. The summed E-state index contributed by atoms with van der Waals surface area (Å²) in [4.78, 5) is 0. The van der Waals surface area contributed by atoms with Crippen LogP contribution in [0.25, 0.3) is 0 Å². The molecular weight excluding hydrogens is 244 g/mol. The van der Waals surface area contributed by atoms with Crippen LogP contribution in [0.15, 0.2) is 24.3 Å². The van der Waals surface area contributed by atoms with Gasteiger partial charge >= 0.3 is 0 Å². The van der Waals surface area contributed by atoms with Crippen LogP contribution in [0.4, 0.5) is 0 Å². The predicted molar refractivity (Wildman–Crippen MR) is 79.1 cm³/mol. The van der Waals surface area contributed by atoms with Gasteiger partial charge in [-0.2, -0.15) is 0 Å². The Morgan fingerprint density at radius 2 is 1.67 bits per heavy atom. The highest BCUT2D eigenvalue weighted by atomic mass is 35.5. The van der Waals surface area contributed by atoms with Crippen molar-refractivity contribution < 1.29 is 5.11 Å². The van der Waals surface area contributed by atoms with E-state index in [0.29, 0.717) is 5.92 Å². The van der Waals surface area contributed by atoms with Crippen LogP contribution in [0, 0.1) is 5.92 Å². The Morgan fingerprint density at radius 1 is 1.11 bits per heavy atom. The molecule has 1 aromatic rings. The average molecular weight is 269 g/mol. The number of benzene rings is 1. The lowest BCUT2D eigenvalue weighted by Gasteiger charge is -2.35. The zero-order valence-corrected chi connectivity index (χ0v) is 12.5. The highest BCUT2D eigenvalue weighted by molar-refractivity contribution is 6.30. The fourth-order valence-electron chi connectivity index (χ4n) is 2.64. The Hall–Kier alpha value is -0.530. The minimum atomic E-state index is -0.532. The molecule has 1 atom stereocenters. The molecule has 1 unspecified atom stereocenters. The van der Waals surface area contributed by atoms with Gasteiger partial charge in [-0.3, -0.25) is 0 Å². The molecule has 0 aliphatic carbocycles. The van der Waals surface area contributed by atoms with Crippen LogP contribution in [0.2, 0.25) is 5.02 Å². The molecule has 0 saturated carbocycles. The first-order valence-electron chi connectivity index (χ1n) is 7.02. The van der Waals surface area contributed by atoms with Crippen molar-refractivity contribution in [3.63, 3.8) is 0 Å². The molecule has 1 aromatic carbocycles. The highest BCUT2D eigenvalue weighted by Gasteiger charge is 2.32. The van der Waals surface area contributed by atoms with E-state index in [1.165, 1.54) is 5.56 Å². The van der Waals surface area contributed by atoms with Gasteiger partial charge in [-0.05, 0) is 49.3 Å². The third kappa shape index (κ3) is 4.00. The van der Waals surface area contributed by atoms with Crippen molar-refractivity contribution in [1.82, 2.24) is 0 Å². The summed E-state index contributed by atoms with van der Waals surface area (Å²) in [5.41, 5.74) is 0.730. The molecule has 0 spiro atoms. The summed E-state index contributed by atoms with van der Waals surface area (Å²) >= 11 is 5.90. The number of hydrogen-bond acceptors (Lipinski definition) is 1. The van der Waals surface area contributed by atoms with E-state index in [-0.39, 0.29) is 0 Å². The summed E-state index contributed by atoms with van der Waals surface area (Å²) in [5, 5.41) is 11.5. The Bertz CT molecular complexity index is 341. The van der Waals surface area contributed by atoms with Gasteiger partial charge in [0, 0.05) is 5.02 Å². The third-order valence-corrected chi connectivity index (χ3v) is 4.27. The molecule has 0 aliphatic heterocycles. The largest absolute Gasteiger partial charge is 0.390 e. The van der Waals surface area contributed by atoms with E-state index < -0.39 is 5.60 Å². The Labute approximate surface area is 116 Å². The molecule has 2 heteroatoms. The maximum atomic E-state index is 10.7. The minimum absolute atomic E-state index is 0.332. The molecule has 0 saturated heterocycles. The standard InChI is InChI=1S/C16H25ClO/c1-4-7-14(16(18,5-2)6-3)12-13-8-10-15(17)11-9-13/h8-11,14,18H,4-7,12H2,1-3H3. The van der Waals surface area contributed by atoms with Gasteiger partial charge in [-0.15, -0.1) is 0 Å². The molecule has 1 rings (SSSR count). The van der Waals surface area contributed by atoms with Crippen molar-refractivity contribution in [2.75, 3.05) is 0 Å². The predicted octanol–water partition coefficient (Wildman–Crippen LogP) is 4.85. The second-order valence-corrected chi connectivity index (χ2v) is 5.56. The first kappa shape index (κ1) is 15.5. The third-order valence-electron chi connectivity index (χ3n) is 4.02. The van der Waals surface area contributed by atoms with Crippen LogP contribution in [0.3, 0.4) is 0 Å². The topological polar surface area (TPSA) is 20.2 Å². The van der Waals surface area contributed by atoms with Crippen molar-refractivity contribution in [2.45, 2.75) is 58.5 Å². The van der Waals surface area contributed by atoms with E-state index in [1.54, 1.807) is 0 Å². The average Bonchev–Trinajstić information content (AvgIpc) is 2.40. The summed E-state index contributed by atoms with van der Waals surface area (Å²) in [5.74, 6) is 0.332. The second-order valence-electron chi connectivity index (χ2n) is 5.13. The maximum Gasteiger partial charge on any atom is 0.0673 e. The summed E-state index contributed by atoms with van der Waals surface area (Å²) in [6.07, 6.45) is 4.76. The lowest BCUT2D eigenvalue weighted by atomic mass is 9.77. The maximum absolute atomic E-state index is 10.7. The number of aliphatic hydroxyl groups is 1. The van der Waals surface area contributed by atoms with Gasteiger partial charge in [-0.25, -0.2) is 0 Å². The van der Waals surface area contributed by atoms with Gasteiger partial charge < -0.3 is 5.11 Å². The van der Waals surface area contributed by atoms with Crippen LogP contribution in [-0.2, 0) is 6.42 Å². The zero-order chi connectivity index (χ0) is 13.6. The Balaban J connectivity index is 2.82. The molecule has 1 nitrogen and oxygen atoms in total. The highest BCUT2D eigenvalue weighted by Crippen LogP contribution is 2.32. The van der Waals surface area contributed by atoms with Crippen LogP contribution in [0.1, 0.15) is 52.0 Å². The lowest BCUT2D eigenvalue weighted by molar-refractivity contribution is -0.0294. The van der Waals surface area contributed by atoms with Gasteiger partial charge in [0.05, 0.1) is 5.60 Å². The summed E-state index contributed by atoms with van der Waals surface area (Å²) in [6, 6.07) is 7.99. The van der Waals surface area contributed by atoms with Crippen molar-refractivity contribution >= 4 is 11.6 Å². The van der Waals surface area contributed by atoms with Gasteiger partial charge in [0.15, 0.2) is 0 Å². The quantitative estimate of drug-likeness (QED) is 0.749. The van der Waals surface area contributed by atoms with Crippen molar-refractivity contribution in [3.8, 4) is 0 Å². The van der Waals surface area contributed by atoms with Crippen LogP contribution >= 0.6 is 11.6 Å². The molecule has 0 radical (unpaired) electrons. The number of hydrogen-bond donors (Lipinski definition) is 1. The smallest absolute Gasteiger partial charge is 0.0673 e. The normalized spacial score (nSPS) is 13.6. The second kappa shape index (κ2) is 7.16. The van der Waals surface area contributed by atoms with E-state index in [9.17, 15) is 5.11 Å². The molecule has 0 aliphatic rings.